The van der Waals surface area contributed by atoms with Crippen molar-refractivity contribution in [2.75, 3.05) is 6.54 Å². The Morgan fingerprint density at radius 3 is 2.37 bits per heavy atom. The molecule has 102 valence electrons. The highest BCUT2D eigenvalue weighted by molar-refractivity contribution is 7.09. The lowest BCUT2D eigenvalue weighted by Crippen LogP contribution is -2.23. The van der Waals surface area contributed by atoms with Crippen molar-refractivity contribution in [2.45, 2.75) is 40.2 Å². The molecule has 0 radical (unpaired) electrons. The van der Waals surface area contributed by atoms with Gasteiger partial charge in [-0.2, -0.15) is 0 Å². The molecular weight excluding hydrogens is 252 g/mol. The maximum atomic E-state index is 4.58. The van der Waals surface area contributed by atoms with E-state index >= 15 is 0 Å². The topological polar surface area (TPSA) is 24.9 Å². The zero-order chi connectivity index (χ0) is 13.8. The van der Waals surface area contributed by atoms with Crippen LogP contribution in [0.5, 0.6) is 0 Å². The van der Waals surface area contributed by atoms with Crippen LogP contribution in [0.2, 0.25) is 0 Å². The summed E-state index contributed by atoms with van der Waals surface area (Å²) in [5.41, 5.74) is 5.21. The van der Waals surface area contributed by atoms with Crippen molar-refractivity contribution < 1.29 is 0 Å². The molecule has 0 spiro atoms. The first-order valence-electron chi connectivity index (χ1n) is 6.81. The number of hydrogen-bond donors (Lipinski definition) is 1. The fourth-order valence-electron chi connectivity index (χ4n) is 2.48. The van der Waals surface area contributed by atoms with Crippen LogP contribution in [0.15, 0.2) is 23.6 Å². The van der Waals surface area contributed by atoms with Crippen molar-refractivity contribution in [3.63, 3.8) is 0 Å². The highest BCUT2D eigenvalue weighted by Crippen LogP contribution is 2.22. The molecule has 0 aliphatic heterocycles. The minimum absolute atomic E-state index is 0.352. The number of rotatable bonds is 5. The van der Waals surface area contributed by atoms with Crippen LogP contribution < -0.4 is 5.32 Å². The Bertz CT molecular complexity index is 525. The van der Waals surface area contributed by atoms with Gasteiger partial charge in [-0.3, -0.25) is 0 Å². The molecule has 0 bridgehead atoms. The normalized spacial score (nSPS) is 12.6. The molecule has 2 nitrogen and oxygen atoms in total. The fraction of sp³-hybridized carbons (Fsp3) is 0.438. The van der Waals surface area contributed by atoms with E-state index in [1.807, 2.05) is 0 Å². The molecule has 0 aliphatic carbocycles. The molecule has 1 aromatic carbocycles. The van der Waals surface area contributed by atoms with Crippen molar-refractivity contribution in [1.82, 2.24) is 10.3 Å². The molecule has 0 saturated carbocycles. The quantitative estimate of drug-likeness (QED) is 0.892. The number of aromatic nitrogens is 1. The number of likely N-dealkylation sites (N-methyl/N-ethyl adjacent to an activating group) is 1. The first-order valence-corrected chi connectivity index (χ1v) is 7.69. The Hall–Kier alpha value is -1.19. The van der Waals surface area contributed by atoms with Gasteiger partial charge < -0.3 is 5.32 Å². The zero-order valence-electron chi connectivity index (χ0n) is 12.2. The lowest BCUT2D eigenvalue weighted by molar-refractivity contribution is 0.544. The van der Waals surface area contributed by atoms with E-state index in [9.17, 15) is 0 Å². The molecule has 0 aliphatic rings. The average molecular weight is 274 g/mol. The molecule has 2 aromatic rings. The van der Waals surface area contributed by atoms with Crippen LogP contribution in [0, 0.1) is 20.8 Å². The van der Waals surface area contributed by atoms with Crippen LogP contribution >= 0.6 is 11.3 Å². The molecule has 0 amide bonds. The van der Waals surface area contributed by atoms with Crippen molar-refractivity contribution in [1.29, 1.82) is 0 Å². The van der Waals surface area contributed by atoms with Gasteiger partial charge in [0.1, 0.15) is 0 Å². The average Bonchev–Trinajstić information content (AvgIpc) is 2.73. The maximum Gasteiger partial charge on any atom is 0.0897 e. The van der Waals surface area contributed by atoms with Gasteiger partial charge in [0, 0.05) is 17.8 Å². The Kier molecular flexibility index (Phi) is 4.72. The van der Waals surface area contributed by atoms with Crippen LogP contribution in [-0.2, 0) is 6.42 Å². The van der Waals surface area contributed by atoms with Crippen molar-refractivity contribution in [2.24, 2.45) is 0 Å². The largest absolute Gasteiger partial charge is 0.310 e. The molecule has 1 N–H and O–H groups in total. The molecule has 1 atom stereocenters. The van der Waals surface area contributed by atoms with Gasteiger partial charge in [-0.25, -0.2) is 4.98 Å². The predicted octanol–water partition coefficient (Wildman–Crippen LogP) is 3.96. The Labute approximate surface area is 119 Å². The van der Waals surface area contributed by atoms with Crippen LogP contribution in [0.25, 0.3) is 0 Å². The van der Waals surface area contributed by atoms with Gasteiger partial charge in [0.2, 0.25) is 0 Å². The van der Waals surface area contributed by atoms with Gasteiger partial charge in [-0.05, 0) is 32.9 Å². The van der Waals surface area contributed by atoms with Crippen LogP contribution in [0.1, 0.15) is 40.4 Å². The highest BCUT2D eigenvalue weighted by Gasteiger charge is 2.13. The van der Waals surface area contributed by atoms with E-state index in [0.29, 0.717) is 6.04 Å². The summed E-state index contributed by atoms with van der Waals surface area (Å²) >= 11 is 1.73. The molecule has 2 rings (SSSR count). The molecule has 0 saturated heterocycles. The number of nitrogens with zero attached hydrogens (tertiary/aromatic N) is 1. The van der Waals surface area contributed by atoms with Crippen LogP contribution in [0.4, 0.5) is 0 Å². The number of benzene rings is 1. The Balaban J connectivity index is 2.23. The maximum absolute atomic E-state index is 4.58. The summed E-state index contributed by atoms with van der Waals surface area (Å²) < 4.78 is 0. The van der Waals surface area contributed by atoms with Crippen LogP contribution in [0.3, 0.4) is 0 Å². The molecule has 3 heteroatoms. The summed E-state index contributed by atoms with van der Waals surface area (Å²) in [4.78, 5) is 4.58. The molecule has 1 heterocycles. The smallest absolute Gasteiger partial charge is 0.0897 e. The third kappa shape index (κ3) is 3.88. The van der Waals surface area contributed by atoms with Crippen molar-refractivity contribution in [3.8, 4) is 0 Å². The number of hydrogen-bond acceptors (Lipinski definition) is 3. The summed E-state index contributed by atoms with van der Waals surface area (Å²) in [6.45, 7) is 9.51. The third-order valence-corrected chi connectivity index (χ3v) is 4.00. The van der Waals surface area contributed by atoms with Crippen molar-refractivity contribution in [3.05, 3.63) is 51.0 Å². The van der Waals surface area contributed by atoms with E-state index in [1.165, 1.54) is 22.4 Å². The van der Waals surface area contributed by atoms with E-state index in [-0.39, 0.29) is 0 Å². The van der Waals surface area contributed by atoms with E-state index in [4.69, 9.17) is 0 Å². The zero-order valence-corrected chi connectivity index (χ0v) is 13.0. The van der Waals surface area contributed by atoms with E-state index in [0.717, 1.165) is 18.0 Å². The van der Waals surface area contributed by atoms with Gasteiger partial charge in [0.25, 0.3) is 0 Å². The molecule has 0 fully saturated rings. The molecule has 1 unspecified atom stereocenters. The van der Waals surface area contributed by atoms with E-state index < -0.39 is 0 Å². The molecule has 19 heavy (non-hydrogen) atoms. The molecule has 1 aromatic heterocycles. The number of aryl methyl sites for hydroxylation is 3. The summed E-state index contributed by atoms with van der Waals surface area (Å²) in [7, 11) is 0. The second-order valence-electron chi connectivity index (χ2n) is 5.09. The van der Waals surface area contributed by atoms with E-state index in [2.05, 4.69) is 61.6 Å². The summed E-state index contributed by atoms with van der Waals surface area (Å²) in [6, 6.07) is 7.13. The summed E-state index contributed by atoms with van der Waals surface area (Å²) in [5.74, 6) is 0. The minimum atomic E-state index is 0.352. The van der Waals surface area contributed by atoms with Crippen molar-refractivity contribution >= 4 is 11.3 Å². The first kappa shape index (κ1) is 14.2. The van der Waals surface area contributed by atoms with Gasteiger partial charge in [0.05, 0.1) is 10.7 Å². The lowest BCUT2D eigenvalue weighted by atomic mass is 9.98. The van der Waals surface area contributed by atoms with Crippen LogP contribution in [-0.4, -0.2) is 11.5 Å². The van der Waals surface area contributed by atoms with E-state index in [1.54, 1.807) is 11.3 Å². The Morgan fingerprint density at radius 2 is 1.84 bits per heavy atom. The SMILES string of the molecule is CCNC(Cc1csc(C)n1)c1cc(C)cc(C)c1. The second kappa shape index (κ2) is 6.31. The predicted molar refractivity (Wildman–Crippen MR) is 82.9 cm³/mol. The number of nitrogens with one attached hydrogen (secondary N) is 1. The van der Waals surface area contributed by atoms with Gasteiger partial charge in [0.15, 0.2) is 0 Å². The summed E-state index contributed by atoms with van der Waals surface area (Å²) in [5, 5.41) is 6.89. The minimum Gasteiger partial charge on any atom is -0.310 e. The van der Waals surface area contributed by atoms with Gasteiger partial charge in [-0.15, -0.1) is 11.3 Å². The van der Waals surface area contributed by atoms with Gasteiger partial charge >= 0.3 is 0 Å². The first-order chi connectivity index (χ1) is 9.08. The fourth-order valence-corrected chi connectivity index (χ4v) is 3.10. The number of thiazole rings is 1. The third-order valence-electron chi connectivity index (χ3n) is 3.18. The lowest BCUT2D eigenvalue weighted by Gasteiger charge is -2.18. The second-order valence-corrected chi connectivity index (χ2v) is 6.16. The van der Waals surface area contributed by atoms with Gasteiger partial charge in [-0.1, -0.05) is 36.2 Å². The standard InChI is InChI=1S/C16H22N2S/c1-5-17-16(9-15-10-19-13(4)18-15)14-7-11(2)6-12(3)8-14/h6-8,10,16-17H,5,9H2,1-4H3. The summed E-state index contributed by atoms with van der Waals surface area (Å²) in [6.07, 6.45) is 0.959. The highest BCUT2D eigenvalue weighted by atomic mass is 32.1. The molecular formula is C16H22N2S. The monoisotopic (exact) mass is 274 g/mol. The Morgan fingerprint density at radius 1 is 1.16 bits per heavy atom.